The second-order valence-electron chi connectivity index (χ2n) is 6.19. The van der Waals surface area contributed by atoms with E-state index in [1.165, 1.54) is 11.3 Å². The van der Waals surface area contributed by atoms with Crippen molar-refractivity contribution in [2.45, 2.75) is 19.9 Å². The number of urea groups is 1. The second kappa shape index (κ2) is 9.93. The topological polar surface area (TPSA) is 103 Å². The Labute approximate surface area is 177 Å². The van der Waals surface area contributed by atoms with Crippen LogP contribution in [0.2, 0.25) is 0 Å². The zero-order chi connectivity index (χ0) is 21.5. The average molecular weight is 430 g/mol. The highest BCUT2D eigenvalue weighted by Crippen LogP contribution is 2.30. The quantitative estimate of drug-likeness (QED) is 0.624. The molecule has 0 fully saturated rings. The van der Waals surface area contributed by atoms with Gasteiger partial charge in [-0.1, -0.05) is 6.07 Å². The van der Waals surface area contributed by atoms with E-state index in [0.717, 1.165) is 4.88 Å². The third-order valence-corrected chi connectivity index (χ3v) is 5.16. The lowest BCUT2D eigenvalue weighted by molar-refractivity contribution is -0.139. The summed E-state index contributed by atoms with van der Waals surface area (Å²) < 4.78 is 15.9. The molecule has 0 saturated heterocycles. The smallest absolute Gasteiger partial charge is 0.338 e. The van der Waals surface area contributed by atoms with Crippen LogP contribution in [0.4, 0.5) is 4.79 Å². The number of esters is 2. The van der Waals surface area contributed by atoms with E-state index in [1.807, 2.05) is 24.4 Å². The molecule has 9 heteroatoms. The lowest BCUT2D eigenvalue weighted by Crippen LogP contribution is -2.46. The van der Waals surface area contributed by atoms with E-state index in [0.29, 0.717) is 17.9 Å². The van der Waals surface area contributed by atoms with Gasteiger partial charge >= 0.3 is 18.0 Å². The van der Waals surface area contributed by atoms with Gasteiger partial charge in [-0.15, -0.1) is 11.3 Å². The molecule has 2 heterocycles. The molecule has 1 aromatic carbocycles. The molecule has 1 aliphatic rings. The first-order chi connectivity index (χ1) is 14.5. The molecule has 0 aliphatic carbocycles. The van der Waals surface area contributed by atoms with Crippen molar-refractivity contribution in [3.8, 4) is 5.75 Å². The number of rotatable bonds is 8. The number of ether oxygens (including phenoxy) is 3. The van der Waals surface area contributed by atoms with Crippen LogP contribution in [0, 0.1) is 0 Å². The van der Waals surface area contributed by atoms with Crippen LogP contribution < -0.4 is 15.4 Å². The first-order valence-electron chi connectivity index (χ1n) is 9.44. The minimum Gasteiger partial charge on any atom is -0.494 e. The van der Waals surface area contributed by atoms with E-state index in [-0.39, 0.29) is 24.5 Å². The molecule has 8 nitrogen and oxygen atoms in total. The Morgan fingerprint density at radius 2 is 1.80 bits per heavy atom. The van der Waals surface area contributed by atoms with Crippen molar-refractivity contribution < 1.29 is 28.6 Å². The van der Waals surface area contributed by atoms with Crippen LogP contribution in [0.1, 0.15) is 35.1 Å². The molecule has 2 aromatic rings. The number of nitrogens with one attached hydrogen (secondary N) is 2. The molecule has 2 amide bonds. The minimum absolute atomic E-state index is 0.173. The fraction of sp³-hybridized carbons (Fsp3) is 0.286. The van der Waals surface area contributed by atoms with Crippen molar-refractivity contribution in [1.82, 2.24) is 10.6 Å². The maximum Gasteiger partial charge on any atom is 0.338 e. The van der Waals surface area contributed by atoms with E-state index in [4.69, 9.17) is 14.2 Å². The first-order valence-corrected chi connectivity index (χ1v) is 10.3. The number of hydrogen-bond acceptors (Lipinski definition) is 7. The summed E-state index contributed by atoms with van der Waals surface area (Å²) in [5.74, 6) is -0.532. The summed E-state index contributed by atoms with van der Waals surface area (Å²) in [5, 5.41) is 7.13. The standard InChI is InChI=1S/C21H22N2O6S/c1-3-27-14-9-7-13(8-10-14)19(24)29-12-15-17(20(25)28-4-2)18(23-21(26)22-15)16-6-5-11-30-16/h5-11,18H,3-4,12H2,1-2H3,(H2,22,23,26). The van der Waals surface area contributed by atoms with Crippen molar-refractivity contribution in [1.29, 1.82) is 0 Å². The van der Waals surface area contributed by atoms with Crippen molar-refractivity contribution in [3.63, 3.8) is 0 Å². The molecule has 2 N–H and O–H groups in total. The van der Waals surface area contributed by atoms with Gasteiger partial charge in [-0.3, -0.25) is 0 Å². The third kappa shape index (κ3) is 4.98. The van der Waals surface area contributed by atoms with Gasteiger partial charge < -0.3 is 24.8 Å². The van der Waals surface area contributed by atoms with Gasteiger partial charge in [0.2, 0.25) is 0 Å². The predicted molar refractivity (Wildman–Crippen MR) is 110 cm³/mol. The number of carbonyl (C=O) groups excluding carboxylic acids is 3. The maximum atomic E-state index is 12.6. The van der Waals surface area contributed by atoms with Gasteiger partial charge in [0.05, 0.1) is 36.1 Å². The number of amides is 2. The summed E-state index contributed by atoms with van der Waals surface area (Å²) in [6.07, 6.45) is 0. The van der Waals surface area contributed by atoms with Gasteiger partial charge in [-0.25, -0.2) is 14.4 Å². The Bertz CT molecular complexity index is 937. The monoisotopic (exact) mass is 430 g/mol. The molecule has 30 heavy (non-hydrogen) atoms. The SMILES string of the molecule is CCOC(=O)C1=C(COC(=O)c2ccc(OCC)cc2)NC(=O)NC1c1cccs1. The third-order valence-electron chi connectivity index (χ3n) is 4.23. The molecular weight excluding hydrogens is 408 g/mol. The fourth-order valence-electron chi connectivity index (χ4n) is 2.93. The highest BCUT2D eigenvalue weighted by molar-refractivity contribution is 7.10. The predicted octanol–water partition coefficient (Wildman–Crippen LogP) is 3.17. The zero-order valence-electron chi connectivity index (χ0n) is 16.6. The molecule has 3 rings (SSSR count). The number of hydrogen-bond donors (Lipinski definition) is 2. The van der Waals surface area contributed by atoms with Crippen LogP contribution in [-0.4, -0.2) is 37.8 Å². The summed E-state index contributed by atoms with van der Waals surface area (Å²) >= 11 is 1.40. The Balaban J connectivity index is 1.82. The molecule has 0 radical (unpaired) electrons. The van der Waals surface area contributed by atoms with E-state index in [9.17, 15) is 14.4 Å². The Morgan fingerprint density at radius 3 is 2.43 bits per heavy atom. The number of thiophene rings is 1. The Morgan fingerprint density at radius 1 is 1.03 bits per heavy atom. The van der Waals surface area contributed by atoms with Crippen LogP contribution in [0.5, 0.6) is 5.75 Å². The van der Waals surface area contributed by atoms with Crippen LogP contribution in [-0.2, 0) is 14.3 Å². The number of benzene rings is 1. The Kier molecular flexibility index (Phi) is 7.08. The van der Waals surface area contributed by atoms with Crippen molar-refractivity contribution >= 4 is 29.3 Å². The average Bonchev–Trinajstić information content (AvgIpc) is 3.27. The van der Waals surface area contributed by atoms with Crippen LogP contribution in [0.3, 0.4) is 0 Å². The molecular formula is C21H22N2O6S. The van der Waals surface area contributed by atoms with E-state index in [1.54, 1.807) is 31.2 Å². The van der Waals surface area contributed by atoms with Gasteiger partial charge in [0, 0.05) is 4.88 Å². The van der Waals surface area contributed by atoms with Crippen molar-refractivity contribution in [3.05, 3.63) is 63.5 Å². The van der Waals surface area contributed by atoms with Gasteiger partial charge in [0.25, 0.3) is 0 Å². The zero-order valence-corrected chi connectivity index (χ0v) is 17.4. The van der Waals surface area contributed by atoms with Crippen molar-refractivity contribution in [2.75, 3.05) is 19.8 Å². The second-order valence-corrected chi connectivity index (χ2v) is 7.17. The molecule has 1 aromatic heterocycles. The van der Waals surface area contributed by atoms with E-state index in [2.05, 4.69) is 10.6 Å². The number of carbonyl (C=O) groups is 3. The molecule has 158 valence electrons. The molecule has 0 bridgehead atoms. The minimum atomic E-state index is -0.683. The first kappa shape index (κ1) is 21.4. The maximum absolute atomic E-state index is 12.6. The summed E-state index contributed by atoms with van der Waals surface area (Å²) in [6.45, 7) is 3.97. The largest absolute Gasteiger partial charge is 0.494 e. The highest BCUT2D eigenvalue weighted by Gasteiger charge is 2.34. The van der Waals surface area contributed by atoms with Gasteiger partial charge in [-0.2, -0.15) is 0 Å². The van der Waals surface area contributed by atoms with Crippen LogP contribution >= 0.6 is 11.3 Å². The summed E-state index contributed by atoms with van der Waals surface area (Å²) in [7, 11) is 0. The van der Waals surface area contributed by atoms with E-state index >= 15 is 0 Å². The van der Waals surface area contributed by atoms with Crippen LogP contribution in [0.15, 0.2) is 53.0 Å². The van der Waals surface area contributed by atoms with Gasteiger partial charge in [0.15, 0.2) is 0 Å². The molecule has 1 aliphatic heterocycles. The molecule has 0 saturated carbocycles. The lowest BCUT2D eigenvalue weighted by atomic mass is 10.0. The summed E-state index contributed by atoms with van der Waals surface area (Å²) in [4.78, 5) is 38.0. The molecule has 0 spiro atoms. The van der Waals surface area contributed by atoms with Gasteiger partial charge in [-0.05, 0) is 49.6 Å². The normalized spacial score (nSPS) is 15.8. The van der Waals surface area contributed by atoms with Crippen molar-refractivity contribution in [2.24, 2.45) is 0 Å². The van der Waals surface area contributed by atoms with Crippen LogP contribution in [0.25, 0.3) is 0 Å². The molecule has 1 atom stereocenters. The highest BCUT2D eigenvalue weighted by atomic mass is 32.1. The Hall–Kier alpha value is -3.33. The molecule has 1 unspecified atom stereocenters. The lowest BCUT2D eigenvalue weighted by Gasteiger charge is -2.28. The fourth-order valence-corrected chi connectivity index (χ4v) is 3.71. The summed E-state index contributed by atoms with van der Waals surface area (Å²) in [5.41, 5.74) is 0.722. The van der Waals surface area contributed by atoms with Gasteiger partial charge in [0.1, 0.15) is 12.4 Å². The van der Waals surface area contributed by atoms with E-state index < -0.39 is 24.0 Å². The summed E-state index contributed by atoms with van der Waals surface area (Å²) in [6, 6.07) is 8.97.